The third kappa shape index (κ3) is 4.13. The molecule has 198 valence electrons. The molecule has 2 fully saturated rings. The van der Waals surface area contributed by atoms with Gasteiger partial charge in [0.05, 0.1) is 37.7 Å². The Bertz CT molecular complexity index is 1070. The Morgan fingerprint density at radius 2 is 1.43 bits per heavy atom. The normalized spacial score (nSPS) is 29.1. The Kier molecular flexibility index (Phi) is 7.45. The maximum Gasteiger partial charge on any atom is 0.322 e. The number of esters is 2. The number of pyridine rings is 2. The molecule has 10 heteroatoms. The number of carbonyl (C=O) groups excluding carboxylic acids is 3. The van der Waals surface area contributed by atoms with E-state index in [1.165, 1.54) is 14.2 Å². The fourth-order valence-electron chi connectivity index (χ4n) is 6.36. The number of carbonyl (C=O) groups is 3. The zero-order valence-corrected chi connectivity index (χ0v) is 22.2. The molecular weight excluding hydrogens is 474 g/mol. The predicted octanol–water partition coefficient (Wildman–Crippen LogP) is 1.36. The van der Waals surface area contributed by atoms with Gasteiger partial charge in [0.1, 0.15) is 0 Å². The van der Waals surface area contributed by atoms with E-state index in [4.69, 9.17) is 9.47 Å². The van der Waals surface area contributed by atoms with Crippen LogP contribution in [0, 0.1) is 10.8 Å². The van der Waals surface area contributed by atoms with Gasteiger partial charge in [0.25, 0.3) is 0 Å². The highest BCUT2D eigenvalue weighted by atomic mass is 16.5. The number of ether oxygens (including phenoxy) is 2. The Hall–Kier alpha value is -3.21. The molecule has 37 heavy (non-hydrogen) atoms. The van der Waals surface area contributed by atoms with Crippen LogP contribution in [0.5, 0.6) is 0 Å². The van der Waals surface area contributed by atoms with Gasteiger partial charge < -0.3 is 14.4 Å². The lowest BCUT2D eigenvalue weighted by atomic mass is 9.54. The molecule has 4 rings (SSSR count). The van der Waals surface area contributed by atoms with E-state index in [1.54, 1.807) is 43.7 Å². The minimum atomic E-state index is -1.73. The monoisotopic (exact) mass is 509 g/mol. The molecule has 2 aromatic heterocycles. The maximum atomic E-state index is 14.8. The number of hydrogen-bond donors (Lipinski definition) is 0. The molecule has 5 unspecified atom stereocenters. The molecule has 0 aliphatic carbocycles. The van der Waals surface area contributed by atoms with E-state index >= 15 is 0 Å². The van der Waals surface area contributed by atoms with Crippen molar-refractivity contribution in [3.63, 3.8) is 0 Å². The van der Waals surface area contributed by atoms with E-state index in [-0.39, 0.29) is 19.1 Å². The lowest BCUT2D eigenvalue weighted by Crippen LogP contribution is -2.76. The average molecular weight is 510 g/mol. The fourth-order valence-corrected chi connectivity index (χ4v) is 6.36. The van der Waals surface area contributed by atoms with Crippen LogP contribution >= 0.6 is 0 Å². The molecular formula is C27H35N5O5. The second-order valence-corrected chi connectivity index (χ2v) is 10.3. The summed E-state index contributed by atoms with van der Waals surface area (Å²) in [6.45, 7) is 2.83. The molecule has 0 spiro atoms. The largest absolute Gasteiger partial charge is 0.468 e. The van der Waals surface area contributed by atoms with E-state index in [1.807, 2.05) is 47.9 Å². The van der Waals surface area contributed by atoms with Crippen molar-refractivity contribution < 1.29 is 23.9 Å². The Balaban J connectivity index is 2.06. The van der Waals surface area contributed by atoms with E-state index < -0.39 is 40.6 Å². The van der Waals surface area contributed by atoms with Crippen molar-refractivity contribution in [3.05, 3.63) is 60.2 Å². The number of methoxy groups -OCH3 is 2. The summed E-state index contributed by atoms with van der Waals surface area (Å²) in [7, 11) is 8.26. The third-order valence-corrected chi connectivity index (χ3v) is 7.75. The Morgan fingerprint density at radius 1 is 0.973 bits per heavy atom. The van der Waals surface area contributed by atoms with E-state index in [0.717, 1.165) is 0 Å². The van der Waals surface area contributed by atoms with Crippen molar-refractivity contribution in [2.75, 3.05) is 55.0 Å². The van der Waals surface area contributed by atoms with E-state index in [9.17, 15) is 14.4 Å². The zero-order chi connectivity index (χ0) is 27.0. The van der Waals surface area contributed by atoms with Gasteiger partial charge in [-0.05, 0) is 52.3 Å². The smallest absolute Gasteiger partial charge is 0.322 e. The van der Waals surface area contributed by atoms with Crippen LogP contribution in [0.1, 0.15) is 30.4 Å². The maximum absolute atomic E-state index is 14.8. The number of rotatable bonds is 7. The highest BCUT2D eigenvalue weighted by molar-refractivity contribution is 6.17. The summed E-state index contributed by atoms with van der Waals surface area (Å²) >= 11 is 0. The number of Topliss-reactive ketones (excluding diaryl/α,β-unsaturated/α-hetero) is 1. The molecule has 4 heterocycles. The molecule has 2 bridgehead atoms. The second-order valence-electron chi connectivity index (χ2n) is 10.3. The molecule has 0 N–H and O–H groups in total. The van der Waals surface area contributed by atoms with Crippen LogP contribution in [-0.4, -0.2) is 103 Å². The summed E-state index contributed by atoms with van der Waals surface area (Å²) in [6.07, 6.45) is 3.26. The SMILES string of the molecule is COC(=O)C12CN(C(C)CN(C)C)CC(C(=O)OC)(C1=O)C(c1ccccn1)N(C)C2c1ccccn1. The summed E-state index contributed by atoms with van der Waals surface area (Å²) in [5.41, 5.74) is -2.39. The first-order valence-corrected chi connectivity index (χ1v) is 12.3. The fraction of sp³-hybridized carbons (Fsp3) is 0.519. The molecule has 0 saturated carbocycles. The van der Waals surface area contributed by atoms with Gasteiger partial charge in [-0.15, -0.1) is 0 Å². The quantitative estimate of drug-likeness (QED) is 0.401. The summed E-state index contributed by atoms with van der Waals surface area (Å²) in [6, 6.07) is 9.07. The van der Waals surface area contributed by atoms with Gasteiger partial charge in [-0.3, -0.25) is 34.2 Å². The Labute approximate surface area is 217 Å². The summed E-state index contributed by atoms with van der Waals surface area (Å²) in [5.74, 6) is -1.92. The van der Waals surface area contributed by atoms with E-state index in [2.05, 4.69) is 9.97 Å². The van der Waals surface area contributed by atoms with Gasteiger partial charge in [0, 0.05) is 38.1 Å². The second kappa shape index (κ2) is 10.3. The molecule has 2 aliphatic heterocycles. The molecule has 0 amide bonds. The number of likely N-dealkylation sites (N-methyl/N-ethyl adjacent to an activating group) is 1. The van der Waals surface area contributed by atoms with Crippen molar-refractivity contribution in [1.29, 1.82) is 0 Å². The number of fused-ring (bicyclic) bond motifs is 2. The van der Waals surface area contributed by atoms with Crippen LogP contribution in [0.15, 0.2) is 48.8 Å². The van der Waals surface area contributed by atoms with Crippen LogP contribution < -0.4 is 0 Å². The highest BCUT2D eigenvalue weighted by Gasteiger charge is 2.75. The number of aromatic nitrogens is 2. The van der Waals surface area contributed by atoms with Crippen LogP contribution in [0.3, 0.4) is 0 Å². The first-order chi connectivity index (χ1) is 17.6. The predicted molar refractivity (Wildman–Crippen MR) is 135 cm³/mol. The lowest BCUT2D eigenvalue weighted by molar-refractivity contribution is -0.205. The molecule has 2 saturated heterocycles. The first-order valence-electron chi connectivity index (χ1n) is 12.3. The van der Waals surface area contributed by atoms with Gasteiger partial charge in [-0.2, -0.15) is 0 Å². The number of likely N-dealkylation sites (tertiary alicyclic amines) is 2. The number of piperidine rings is 2. The van der Waals surface area contributed by atoms with E-state index in [0.29, 0.717) is 17.9 Å². The molecule has 10 nitrogen and oxygen atoms in total. The summed E-state index contributed by atoms with van der Waals surface area (Å²) in [4.78, 5) is 57.6. The van der Waals surface area contributed by atoms with Crippen molar-refractivity contribution in [3.8, 4) is 0 Å². The van der Waals surface area contributed by atoms with Crippen molar-refractivity contribution in [1.82, 2.24) is 24.7 Å². The molecule has 0 radical (unpaired) electrons. The van der Waals surface area contributed by atoms with Crippen LogP contribution in [0.4, 0.5) is 0 Å². The lowest BCUT2D eigenvalue weighted by Gasteiger charge is -2.61. The minimum Gasteiger partial charge on any atom is -0.468 e. The zero-order valence-electron chi connectivity index (χ0n) is 22.2. The van der Waals surface area contributed by atoms with Crippen LogP contribution in [0.2, 0.25) is 0 Å². The first kappa shape index (κ1) is 26.8. The molecule has 5 atom stereocenters. The molecule has 2 aromatic rings. The van der Waals surface area contributed by atoms with Gasteiger partial charge in [-0.25, -0.2) is 0 Å². The average Bonchev–Trinajstić information content (AvgIpc) is 2.89. The standard InChI is InChI=1S/C27H35N5O5/c1-18(15-30(2)3)32-16-26(24(34)36-5)21(19-11-7-9-13-28-19)31(4)22(20-12-8-10-14-29-20)27(17-32,23(26)33)25(35)37-6/h7-14,18,21-22H,15-17H2,1-6H3. The van der Waals surface area contributed by atoms with Gasteiger partial charge in [0.15, 0.2) is 16.6 Å². The van der Waals surface area contributed by atoms with Crippen LogP contribution in [-0.2, 0) is 23.9 Å². The van der Waals surface area contributed by atoms with Crippen LogP contribution in [0.25, 0.3) is 0 Å². The summed E-state index contributed by atoms with van der Waals surface area (Å²) in [5, 5.41) is 0. The topological polar surface area (TPSA) is 105 Å². The number of nitrogens with zero attached hydrogens (tertiary/aromatic N) is 5. The van der Waals surface area contributed by atoms with Gasteiger partial charge in [-0.1, -0.05) is 12.1 Å². The van der Waals surface area contributed by atoms with Crippen molar-refractivity contribution in [2.45, 2.75) is 25.0 Å². The summed E-state index contributed by atoms with van der Waals surface area (Å²) < 4.78 is 10.7. The van der Waals surface area contributed by atoms with Crippen molar-refractivity contribution >= 4 is 17.7 Å². The Morgan fingerprint density at radius 3 is 1.78 bits per heavy atom. The highest BCUT2D eigenvalue weighted by Crippen LogP contribution is 2.60. The van der Waals surface area contributed by atoms with Gasteiger partial charge >= 0.3 is 11.9 Å². The number of ketones is 1. The molecule has 0 aromatic carbocycles. The third-order valence-electron chi connectivity index (χ3n) is 7.75. The number of hydrogen-bond acceptors (Lipinski definition) is 10. The molecule has 2 aliphatic rings. The van der Waals surface area contributed by atoms with Gasteiger partial charge in [0.2, 0.25) is 0 Å². The minimum absolute atomic E-state index is 0.0762. The van der Waals surface area contributed by atoms with Crippen molar-refractivity contribution in [2.24, 2.45) is 10.8 Å².